The van der Waals surface area contributed by atoms with Crippen molar-refractivity contribution in [2.45, 2.75) is 19.5 Å². The highest BCUT2D eigenvalue weighted by molar-refractivity contribution is 5.15. The number of nitrogens with one attached hydrogen (secondary N) is 1. The molecule has 0 saturated carbocycles. The van der Waals surface area contributed by atoms with E-state index in [1.807, 2.05) is 31.6 Å². The molecule has 0 spiro atoms. The minimum atomic E-state index is 0.350. The lowest BCUT2D eigenvalue weighted by Gasteiger charge is -2.13. The normalized spacial score (nSPS) is 12.6. The molecule has 2 aromatic heterocycles. The largest absolute Gasteiger partial charge is 0.357 e. The standard InChI is InChI=1S/C13H17N3/c1-11(13-3-6-14-7-4-13)15-9-12-5-8-16(2)10-12/h3-8,10-11,15H,9H2,1-2H3. The van der Waals surface area contributed by atoms with E-state index < -0.39 is 0 Å². The Morgan fingerprint density at radius 3 is 2.69 bits per heavy atom. The molecule has 2 rings (SSSR count). The second-order valence-electron chi connectivity index (χ2n) is 4.07. The zero-order valence-corrected chi connectivity index (χ0v) is 9.72. The van der Waals surface area contributed by atoms with Crippen molar-refractivity contribution in [1.29, 1.82) is 0 Å². The van der Waals surface area contributed by atoms with Gasteiger partial charge in [0.1, 0.15) is 0 Å². The molecule has 2 aromatic rings. The van der Waals surface area contributed by atoms with Crippen molar-refractivity contribution in [2.24, 2.45) is 7.05 Å². The van der Waals surface area contributed by atoms with Crippen LogP contribution < -0.4 is 5.32 Å². The molecule has 1 N–H and O–H groups in total. The summed E-state index contributed by atoms with van der Waals surface area (Å²) in [4.78, 5) is 4.02. The summed E-state index contributed by atoms with van der Waals surface area (Å²) in [5, 5.41) is 3.49. The molecule has 0 fully saturated rings. The Labute approximate surface area is 96.1 Å². The molecular weight excluding hydrogens is 198 g/mol. The maximum atomic E-state index is 4.02. The van der Waals surface area contributed by atoms with Gasteiger partial charge in [-0.1, -0.05) is 0 Å². The maximum absolute atomic E-state index is 4.02. The van der Waals surface area contributed by atoms with Gasteiger partial charge in [0.2, 0.25) is 0 Å². The molecule has 1 unspecified atom stereocenters. The predicted molar refractivity (Wildman–Crippen MR) is 64.9 cm³/mol. The Kier molecular flexibility index (Phi) is 3.37. The number of pyridine rings is 1. The number of aromatic nitrogens is 2. The molecule has 1 atom stereocenters. The van der Waals surface area contributed by atoms with E-state index >= 15 is 0 Å². The average Bonchev–Trinajstić information content (AvgIpc) is 2.73. The van der Waals surface area contributed by atoms with E-state index in [4.69, 9.17) is 0 Å². The van der Waals surface area contributed by atoms with Gasteiger partial charge < -0.3 is 9.88 Å². The third-order valence-corrected chi connectivity index (χ3v) is 2.71. The number of aryl methyl sites for hydroxylation is 1. The first-order chi connectivity index (χ1) is 7.75. The predicted octanol–water partition coefficient (Wildman–Crippen LogP) is 2.27. The van der Waals surface area contributed by atoms with Crippen molar-refractivity contribution in [3.8, 4) is 0 Å². The van der Waals surface area contributed by atoms with Crippen molar-refractivity contribution >= 4 is 0 Å². The van der Waals surface area contributed by atoms with Crippen LogP contribution in [0.1, 0.15) is 24.1 Å². The Hall–Kier alpha value is -1.61. The zero-order chi connectivity index (χ0) is 11.4. The molecule has 0 aliphatic rings. The van der Waals surface area contributed by atoms with E-state index in [-0.39, 0.29) is 0 Å². The average molecular weight is 215 g/mol. The van der Waals surface area contributed by atoms with Crippen LogP contribution >= 0.6 is 0 Å². The van der Waals surface area contributed by atoms with Crippen LogP contribution in [0.15, 0.2) is 43.0 Å². The Bertz CT molecular complexity index is 433. The van der Waals surface area contributed by atoms with E-state index in [9.17, 15) is 0 Å². The van der Waals surface area contributed by atoms with Gasteiger partial charge in [-0.15, -0.1) is 0 Å². The SMILES string of the molecule is CC(NCc1ccn(C)c1)c1ccncc1. The minimum Gasteiger partial charge on any atom is -0.357 e. The molecule has 3 heteroatoms. The van der Waals surface area contributed by atoms with Crippen LogP contribution in [0.4, 0.5) is 0 Å². The first-order valence-corrected chi connectivity index (χ1v) is 5.50. The topological polar surface area (TPSA) is 29.9 Å². The number of hydrogen-bond acceptors (Lipinski definition) is 2. The summed E-state index contributed by atoms with van der Waals surface area (Å²) in [6.45, 7) is 3.06. The lowest BCUT2D eigenvalue weighted by molar-refractivity contribution is 0.574. The van der Waals surface area contributed by atoms with Gasteiger partial charge in [-0.05, 0) is 36.2 Å². The molecule has 0 aromatic carbocycles. The van der Waals surface area contributed by atoms with Crippen molar-refractivity contribution in [3.63, 3.8) is 0 Å². The van der Waals surface area contributed by atoms with Crippen LogP contribution in [0.25, 0.3) is 0 Å². The van der Waals surface area contributed by atoms with Gasteiger partial charge in [0.25, 0.3) is 0 Å². The summed E-state index contributed by atoms with van der Waals surface area (Å²) < 4.78 is 2.06. The van der Waals surface area contributed by atoms with Gasteiger partial charge in [0, 0.05) is 44.4 Å². The van der Waals surface area contributed by atoms with Gasteiger partial charge in [0.05, 0.1) is 0 Å². The van der Waals surface area contributed by atoms with E-state index in [1.54, 1.807) is 0 Å². The molecule has 3 nitrogen and oxygen atoms in total. The lowest BCUT2D eigenvalue weighted by atomic mass is 10.1. The third-order valence-electron chi connectivity index (χ3n) is 2.71. The van der Waals surface area contributed by atoms with Crippen LogP contribution in [-0.4, -0.2) is 9.55 Å². The van der Waals surface area contributed by atoms with Crippen LogP contribution in [0.2, 0.25) is 0 Å². The number of nitrogens with zero attached hydrogens (tertiary/aromatic N) is 2. The van der Waals surface area contributed by atoms with Crippen LogP contribution in [0.3, 0.4) is 0 Å². The molecule has 0 radical (unpaired) electrons. The van der Waals surface area contributed by atoms with Crippen molar-refractivity contribution in [2.75, 3.05) is 0 Å². The van der Waals surface area contributed by atoms with Gasteiger partial charge >= 0.3 is 0 Å². The second kappa shape index (κ2) is 4.94. The van der Waals surface area contributed by atoms with Gasteiger partial charge in [-0.2, -0.15) is 0 Å². The van der Waals surface area contributed by atoms with Gasteiger partial charge in [-0.3, -0.25) is 4.98 Å². The maximum Gasteiger partial charge on any atom is 0.0296 e. The lowest BCUT2D eigenvalue weighted by Crippen LogP contribution is -2.17. The van der Waals surface area contributed by atoms with E-state index in [0.717, 1.165) is 6.54 Å². The molecule has 16 heavy (non-hydrogen) atoms. The van der Waals surface area contributed by atoms with Crippen LogP contribution in [-0.2, 0) is 13.6 Å². The van der Waals surface area contributed by atoms with Gasteiger partial charge in [0.15, 0.2) is 0 Å². The second-order valence-corrected chi connectivity index (χ2v) is 4.07. The third kappa shape index (κ3) is 2.70. The molecule has 0 bridgehead atoms. The summed E-state index contributed by atoms with van der Waals surface area (Å²) >= 11 is 0. The highest BCUT2D eigenvalue weighted by Crippen LogP contribution is 2.11. The van der Waals surface area contributed by atoms with Crippen molar-refractivity contribution in [3.05, 3.63) is 54.1 Å². The molecule has 84 valence electrons. The fraction of sp³-hybridized carbons (Fsp3) is 0.308. The summed E-state index contributed by atoms with van der Waals surface area (Å²) in [5.41, 5.74) is 2.58. The molecule has 0 amide bonds. The van der Waals surface area contributed by atoms with Gasteiger partial charge in [-0.25, -0.2) is 0 Å². The van der Waals surface area contributed by atoms with Crippen LogP contribution in [0.5, 0.6) is 0 Å². The highest BCUT2D eigenvalue weighted by atomic mass is 14.9. The quantitative estimate of drug-likeness (QED) is 0.848. The molecule has 2 heterocycles. The van der Waals surface area contributed by atoms with Crippen molar-refractivity contribution in [1.82, 2.24) is 14.9 Å². The summed E-state index contributed by atoms with van der Waals surface area (Å²) in [6, 6.07) is 6.57. The number of rotatable bonds is 4. The molecular formula is C13H17N3. The molecule has 0 aliphatic carbocycles. The van der Waals surface area contributed by atoms with Crippen molar-refractivity contribution < 1.29 is 0 Å². The Morgan fingerprint density at radius 2 is 2.06 bits per heavy atom. The number of hydrogen-bond donors (Lipinski definition) is 1. The fourth-order valence-electron chi connectivity index (χ4n) is 1.71. The summed E-state index contributed by atoms with van der Waals surface area (Å²) in [7, 11) is 2.04. The molecule has 0 aliphatic heterocycles. The summed E-state index contributed by atoms with van der Waals surface area (Å²) in [6.07, 6.45) is 7.85. The summed E-state index contributed by atoms with van der Waals surface area (Å²) in [5.74, 6) is 0. The highest BCUT2D eigenvalue weighted by Gasteiger charge is 2.04. The molecule has 0 saturated heterocycles. The minimum absolute atomic E-state index is 0.350. The zero-order valence-electron chi connectivity index (χ0n) is 9.72. The monoisotopic (exact) mass is 215 g/mol. The van der Waals surface area contributed by atoms with Crippen LogP contribution in [0, 0.1) is 0 Å². The Morgan fingerprint density at radius 1 is 1.31 bits per heavy atom. The fourth-order valence-corrected chi connectivity index (χ4v) is 1.71. The first kappa shape index (κ1) is 10.9. The Balaban J connectivity index is 1.91. The first-order valence-electron chi connectivity index (χ1n) is 5.50. The smallest absolute Gasteiger partial charge is 0.0296 e. The van der Waals surface area contributed by atoms with E-state index in [0.29, 0.717) is 6.04 Å². The van der Waals surface area contributed by atoms with E-state index in [1.165, 1.54) is 11.1 Å². The van der Waals surface area contributed by atoms with E-state index in [2.05, 4.69) is 40.3 Å².